The summed E-state index contributed by atoms with van der Waals surface area (Å²) in [5, 5.41) is 0. The van der Waals surface area contributed by atoms with E-state index in [0.29, 0.717) is 6.54 Å². The predicted molar refractivity (Wildman–Crippen MR) is 50.3 cm³/mol. The van der Waals surface area contributed by atoms with E-state index >= 15 is 0 Å². The Morgan fingerprint density at radius 3 is 1.91 bits per heavy atom. The minimum atomic E-state index is -0.0527. The van der Waals surface area contributed by atoms with E-state index in [4.69, 9.17) is 11.5 Å². The summed E-state index contributed by atoms with van der Waals surface area (Å²) in [6.07, 6.45) is 2.00. The van der Waals surface area contributed by atoms with E-state index in [1.165, 1.54) is 0 Å². The van der Waals surface area contributed by atoms with Crippen LogP contribution in [-0.2, 0) is 0 Å². The molecule has 0 rings (SSSR count). The SMILES string of the molecule is CCC(C)(N)CC(C)(C)CN. The molecule has 0 aliphatic carbocycles. The third kappa shape index (κ3) is 4.38. The highest BCUT2D eigenvalue weighted by Crippen LogP contribution is 2.26. The first-order chi connectivity index (χ1) is 4.83. The Balaban J connectivity index is 4.02. The zero-order valence-electron chi connectivity index (χ0n) is 8.28. The van der Waals surface area contributed by atoms with Gasteiger partial charge >= 0.3 is 0 Å². The Hall–Kier alpha value is -0.0800. The molecule has 0 aromatic carbocycles. The smallest absolute Gasteiger partial charge is 0.0128 e. The number of hydrogen-bond acceptors (Lipinski definition) is 2. The van der Waals surface area contributed by atoms with Crippen molar-refractivity contribution >= 4 is 0 Å². The molecule has 0 aromatic heterocycles. The van der Waals surface area contributed by atoms with Crippen molar-refractivity contribution in [2.45, 2.75) is 46.1 Å². The summed E-state index contributed by atoms with van der Waals surface area (Å²) in [5.74, 6) is 0. The van der Waals surface area contributed by atoms with Gasteiger partial charge in [0.1, 0.15) is 0 Å². The van der Waals surface area contributed by atoms with Gasteiger partial charge in [0.15, 0.2) is 0 Å². The van der Waals surface area contributed by atoms with Crippen LogP contribution in [0.3, 0.4) is 0 Å². The van der Waals surface area contributed by atoms with Crippen molar-refractivity contribution in [2.75, 3.05) is 6.54 Å². The van der Waals surface area contributed by atoms with Gasteiger partial charge in [-0.15, -0.1) is 0 Å². The molecule has 4 N–H and O–H groups in total. The molecular formula is C9H22N2. The lowest BCUT2D eigenvalue weighted by molar-refractivity contribution is 0.249. The molecule has 0 heterocycles. The van der Waals surface area contributed by atoms with Crippen LogP contribution in [0, 0.1) is 5.41 Å². The van der Waals surface area contributed by atoms with E-state index in [2.05, 4.69) is 27.7 Å². The fraction of sp³-hybridized carbons (Fsp3) is 1.00. The number of hydrogen-bond donors (Lipinski definition) is 2. The second kappa shape index (κ2) is 3.55. The van der Waals surface area contributed by atoms with Gasteiger partial charge in [-0.1, -0.05) is 20.8 Å². The molecule has 0 saturated heterocycles. The van der Waals surface area contributed by atoms with E-state index in [1.807, 2.05) is 0 Å². The van der Waals surface area contributed by atoms with Crippen molar-refractivity contribution in [3.8, 4) is 0 Å². The van der Waals surface area contributed by atoms with Crippen LogP contribution in [0.15, 0.2) is 0 Å². The van der Waals surface area contributed by atoms with Gasteiger partial charge in [-0.2, -0.15) is 0 Å². The quantitative estimate of drug-likeness (QED) is 0.651. The molecule has 0 fully saturated rings. The molecule has 68 valence electrons. The van der Waals surface area contributed by atoms with Gasteiger partial charge in [-0.3, -0.25) is 0 Å². The molecule has 0 aromatic rings. The van der Waals surface area contributed by atoms with Crippen molar-refractivity contribution in [1.82, 2.24) is 0 Å². The van der Waals surface area contributed by atoms with Crippen molar-refractivity contribution in [3.63, 3.8) is 0 Å². The molecule has 1 unspecified atom stereocenters. The summed E-state index contributed by atoms with van der Waals surface area (Å²) in [6, 6.07) is 0. The molecule has 2 heteroatoms. The fourth-order valence-corrected chi connectivity index (χ4v) is 1.29. The predicted octanol–water partition coefficient (Wildman–Crippen LogP) is 1.49. The third-order valence-electron chi connectivity index (χ3n) is 2.24. The van der Waals surface area contributed by atoms with Crippen LogP contribution in [0.1, 0.15) is 40.5 Å². The van der Waals surface area contributed by atoms with Crippen LogP contribution in [0.2, 0.25) is 0 Å². The Morgan fingerprint density at radius 2 is 1.64 bits per heavy atom. The van der Waals surface area contributed by atoms with E-state index in [9.17, 15) is 0 Å². The van der Waals surface area contributed by atoms with E-state index < -0.39 is 0 Å². The van der Waals surface area contributed by atoms with Gasteiger partial charge in [0.25, 0.3) is 0 Å². The van der Waals surface area contributed by atoms with Gasteiger partial charge in [-0.05, 0) is 31.7 Å². The average Bonchev–Trinajstić information content (AvgIpc) is 1.86. The zero-order valence-corrected chi connectivity index (χ0v) is 8.28. The van der Waals surface area contributed by atoms with Crippen molar-refractivity contribution in [3.05, 3.63) is 0 Å². The molecule has 0 aliphatic heterocycles. The second-order valence-electron chi connectivity index (χ2n) is 4.55. The first-order valence-electron chi connectivity index (χ1n) is 4.32. The van der Waals surface area contributed by atoms with Gasteiger partial charge in [0.05, 0.1) is 0 Å². The summed E-state index contributed by atoms with van der Waals surface area (Å²) in [7, 11) is 0. The topological polar surface area (TPSA) is 52.0 Å². The zero-order chi connectivity index (χ0) is 9.12. The molecule has 0 bridgehead atoms. The fourth-order valence-electron chi connectivity index (χ4n) is 1.29. The van der Waals surface area contributed by atoms with Gasteiger partial charge < -0.3 is 11.5 Å². The van der Waals surface area contributed by atoms with Crippen LogP contribution >= 0.6 is 0 Å². The molecule has 11 heavy (non-hydrogen) atoms. The minimum absolute atomic E-state index is 0.0527. The average molecular weight is 158 g/mol. The molecule has 1 atom stereocenters. The maximum Gasteiger partial charge on any atom is 0.0128 e. The Morgan fingerprint density at radius 1 is 1.18 bits per heavy atom. The standard InChI is InChI=1S/C9H22N2/c1-5-9(4,11)6-8(2,3)7-10/h5-7,10-11H2,1-4H3. The highest BCUT2D eigenvalue weighted by molar-refractivity contribution is 4.85. The van der Waals surface area contributed by atoms with E-state index in [1.54, 1.807) is 0 Å². The lowest BCUT2D eigenvalue weighted by Crippen LogP contribution is -2.42. The minimum Gasteiger partial charge on any atom is -0.330 e. The highest BCUT2D eigenvalue weighted by Gasteiger charge is 2.26. The monoisotopic (exact) mass is 158 g/mol. The van der Waals surface area contributed by atoms with Crippen molar-refractivity contribution in [1.29, 1.82) is 0 Å². The Kier molecular flexibility index (Phi) is 3.52. The van der Waals surface area contributed by atoms with Crippen LogP contribution in [-0.4, -0.2) is 12.1 Å². The van der Waals surface area contributed by atoms with E-state index in [-0.39, 0.29) is 11.0 Å². The Bertz CT molecular complexity index is 103. The molecule has 0 radical (unpaired) electrons. The Labute approximate surface area is 70.3 Å². The van der Waals surface area contributed by atoms with Gasteiger partial charge in [0.2, 0.25) is 0 Å². The molecule has 0 aliphatic rings. The van der Waals surface area contributed by atoms with Crippen LogP contribution in [0.4, 0.5) is 0 Å². The lowest BCUT2D eigenvalue weighted by Gasteiger charge is -2.33. The maximum atomic E-state index is 6.02. The third-order valence-corrected chi connectivity index (χ3v) is 2.24. The molecule has 0 amide bonds. The van der Waals surface area contributed by atoms with Crippen LogP contribution < -0.4 is 11.5 Å². The van der Waals surface area contributed by atoms with Crippen molar-refractivity contribution < 1.29 is 0 Å². The first kappa shape index (κ1) is 10.9. The van der Waals surface area contributed by atoms with Crippen LogP contribution in [0.5, 0.6) is 0 Å². The largest absolute Gasteiger partial charge is 0.330 e. The molecule has 2 nitrogen and oxygen atoms in total. The first-order valence-corrected chi connectivity index (χ1v) is 4.32. The second-order valence-corrected chi connectivity index (χ2v) is 4.55. The molecule has 0 spiro atoms. The van der Waals surface area contributed by atoms with Gasteiger partial charge in [0, 0.05) is 5.54 Å². The van der Waals surface area contributed by atoms with Gasteiger partial charge in [-0.25, -0.2) is 0 Å². The number of rotatable bonds is 4. The van der Waals surface area contributed by atoms with E-state index in [0.717, 1.165) is 12.8 Å². The summed E-state index contributed by atoms with van der Waals surface area (Å²) < 4.78 is 0. The molecular weight excluding hydrogens is 136 g/mol. The maximum absolute atomic E-state index is 6.02. The number of nitrogens with two attached hydrogens (primary N) is 2. The van der Waals surface area contributed by atoms with Crippen LogP contribution in [0.25, 0.3) is 0 Å². The summed E-state index contributed by atoms with van der Waals surface area (Å²) in [4.78, 5) is 0. The normalized spacial score (nSPS) is 18.0. The highest BCUT2D eigenvalue weighted by atomic mass is 14.7. The summed E-state index contributed by atoms with van der Waals surface area (Å²) in [5.41, 5.74) is 11.8. The lowest BCUT2D eigenvalue weighted by atomic mass is 9.78. The summed E-state index contributed by atoms with van der Waals surface area (Å²) in [6.45, 7) is 9.23. The molecule has 0 saturated carbocycles. The van der Waals surface area contributed by atoms with Crippen molar-refractivity contribution in [2.24, 2.45) is 16.9 Å². The summed E-state index contributed by atoms with van der Waals surface area (Å²) >= 11 is 0.